The van der Waals surface area contributed by atoms with Crippen molar-refractivity contribution in [2.45, 2.75) is 6.54 Å². The van der Waals surface area contributed by atoms with E-state index in [1.54, 1.807) is 16.8 Å². The Labute approximate surface area is 97.6 Å². The van der Waals surface area contributed by atoms with Crippen LogP contribution in [0.3, 0.4) is 0 Å². The molecule has 0 aliphatic heterocycles. The Balaban J connectivity index is 2.50. The van der Waals surface area contributed by atoms with Crippen molar-refractivity contribution in [1.29, 1.82) is 0 Å². The molecule has 2 N–H and O–H groups in total. The first-order chi connectivity index (χ1) is 7.72. The Kier molecular flexibility index (Phi) is 3.22. The first-order valence-electron chi connectivity index (χ1n) is 4.89. The molecular weight excluding hydrogens is 229 g/mol. The Morgan fingerprint density at radius 3 is 2.94 bits per heavy atom. The molecule has 0 fully saturated rings. The zero-order chi connectivity index (χ0) is 11.5. The fourth-order valence-electron chi connectivity index (χ4n) is 1.58. The highest BCUT2D eigenvalue weighted by Gasteiger charge is 2.11. The van der Waals surface area contributed by atoms with Gasteiger partial charge >= 0.3 is 0 Å². The number of hydrogen-bond donors (Lipinski definition) is 1. The summed E-state index contributed by atoms with van der Waals surface area (Å²) in [5.41, 5.74) is 6.87. The van der Waals surface area contributed by atoms with Gasteiger partial charge < -0.3 is 5.73 Å². The van der Waals surface area contributed by atoms with Crippen molar-refractivity contribution in [2.24, 2.45) is 5.73 Å². The van der Waals surface area contributed by atoms with Gasteiger partial charge in [-0.25, -0.2) is 4.39 Å². The number of nitrogens with two attached hydrogens (primary N) is 1. The Bertz CT molecular complexity index is 496. The number of halogens is 2. The SMILES string of the molecule is NCCn1ncc(Cl)c1-c1cccc(F)c1. The predicted molar refractivity (Wildman–Crippen MR) is 61.7 cm³/mol. The molecular formula is C11H11ClFN3. The molecule has 0 saturated carbocycles. The molecule has 16 heavy (non-hydrogen) atoms. The Morgan fingerprint density at radius 2 is 2.25 bits per heavy atom. The van der Waals surface area contributed by atoms with Gasteiger partial charge in [0.2, 0.25) is 0 Å². The highest BCUT2D eigenvalue weighted by Crippen LogP contribution is 2.27. The fourth-order valence-corrected chi connectivity index (χ4v) is 1.83. The molecule has 0 radical (unpaired) electrons. The maximum atomic E-state index is 13.1. The van der Waals surface area contributed by atoms with Crippen molar-refractivity contribution in [1.82, 2.24) is 9.78 Å². The molecule has 5 heteroatoms. The van der Waals surface area contributed by atoms with Crippen LogP contribution in [-0.2, 0) is 6.54 Å². The van der Waals surface area contributed by atoms with E-state index < -0.39 is 0 Å². The maximum Gasteiger partial charge on any atom is 0.123 e. The molecule has 1 aromatic heterocycles. The van der Waals surface area contributed by atoms with Crippen LogP contribution in [0.5, 0.6) is 0 Å². The van der Waals surface area contributed by atoms with Gasteiger partial charge in [0.1, 0.15) is 5.82 Å². The van der Waals surface area contributed by atoms with Crippen molar-refractivity contribution in [3.8, 4) is 11.3 Å². The van der Waals surface area contributed by atoms with Crippen LogP contribution in [0.15, 0.2) is 30.5 Å². The second kappa shape index (κ2) is 4.63. The van der Waals surface area contributed by atoms with Crippen LogP contribution >= 0.6 is 11.6 Å². The number of nitrogens with zero attached hydrogens (tertiary/aromatic N) is 2. The van der Waals surface area contributed by atoms with Crippen LogP contribution in [0.1, 0.15) is 0 Å². The highest BCUT2D eigenvalue weighted by atomic mass is 35.5. The summed E-state index contributed by atoms with van der Waals surface area (Å²) in [4.78, 5) is 0. The van der Waals surface area contributed by atoms with Gasteiger partial charge in [-0.3, -0.25) is 4.68 Å². The molecule has 0 aliphatic carbocycles. The minimum atomic E-state index is -0.297. The third kappa shape index (κ3) is 2.08. The third-order valence-electron chi connectivity index (χ3n) is 2.23. The average molecular weight is 240 g/mol. The number of benzene rings is 1. The molecule has 84 valence electrons. The molecule has 0 unspecified atom stereocenters. The van der Waals surface area contributed by atoms with E-state index >= 15 is 0 Å². The van der Waals surface area contributed by atoms with Gasteiger partial charge in [-0.2, -0.15) is 5.10 Å². The van der Waals surface area contributed by atoms with Crippen LogP contribution < -0.4 is 5.73 Å². The highest BCUT2D eigenvalue weighted by molar-refractivity contribution is 6.33. The maximum absolute atomic E-state index is 13.1. The quantitative estimate of drug-likeness (QED) is 0.893. The van der Waals surface area contributed by atoms with Crippen LogP contribution in [0.4, 0.5) is 4.39 Å². The number of rotatable bonds is 3. The minimum absolute atomic E-state index is 0.297. The van der Waals surface area contributed by atoms with E-state index in [9.17, 15) is 4.39 Å². The van der Waals surface area contributed by atoms with Crippen molar-refractivity contribution >= 4 is 11.6 Å². The van der Waals surface area contributed by atoms with E-state index in [-0.39, 0.29) is 5.82 Å². The lowest BCUT2D eigenvalue weighted by molar-refractivity contribution is 0.622. The summed E-state index contributed by atoms with van der Waals surface area (Å²) in [5.74, 6) is -0.297. The molecule has 0 spiro atoms. The van der Waals surface area contributed by atoms with Crippen molar-refractivity contribution in [3.63, 3.8) is 0 Å². The smallest absolute Gasteiger partial charge is 0.123 e. The summed E-state index contributed by atoms with van der Waals surface area (Å²) in [6, 6.07) is 6.25. The van der Waals surface area contributed by atoms with Gasteiger partial charge in [-0.05, 0) is 12.1 Å². The third-order valence-corrected chi connectivity index (χ3v) is 2.51. The molecule has 3 nitrogen and oxygen atoms in total. The molecule has 1 aromatic carbocycles. The molecule has 0 saturated heterocycles. The van der Waals surface area contributed by atoms with E-state index in [1.165, 1.54) is 18.3 Å². The Morgan fingerprint density at radius 1 is 1.44 bits per heavy atom. The van der Waals surface area contributed by atoms with Gasteiger partial charge in [0, 0.05) is 12.1 Å². The van der Waals surface area contributed by atoms with Gasteiger partial charge in [0.25, 0.3) is 0 Å². The van der Waals surface area contributed by atoms with E-state index in [2.05, 4.69) is 5.10 Å². The average Bonchev–Trinajstić information content (AvgIpc) is 2.60. The zero-order valence-corrected chi connectivity index (χ0v) is 9.28. The molecule has 0 atom stereocenters. The molecule has 0 amide bonds. The predicted octanol–water partition coefficient (Wildman–Crippen LogP) is 2.30. The van der Waals surface area contributed by atoms with Gasteiger partial charge in [-0.1, -0.05) is 23.7 Å². The monoisotopic (exact) mass is 239 g/mol. The van der Waals surface area contributed by atoms with Crippen molar-refractivity contribution in [3.05, 3.63) is 41.3 Å². The first kappa shape index (κ1) is 11.1. The summed E-state index contributed by atoms with van der Waals surface area (Å²) >= 11 is 6.02. The van der Waals surface area contributed by atoms with Crippen LogP contribution in [-0.4, -0.2) is 16.3 Å². The number of aromatic nitrogens is 2. The van der Waals surface area contributed by atoms with Crippen LogP contribution in [0, 0.1) is 5.82 Å². The summed E-state index contributed by atoms with van der Waals surface area (Å²) < 4.78 is 14.8. The second-order valence-corrected chi connectivity index (χ2v) is 3.77. The van der Waals surface area contributed by atoms with Crippen LogP contribution in [0.25, 0.3) is 11.3 Å². The topological polar surface area (TPSA) is 43.8 Å². The minimum Gasteiger partial charge on any atom is -0.329 e. The lowest BCUT2D eigenvalue weighted by Gasteiger charge is -2.06. The fraction of sp³-hybridized carbons (Fsp3) is 0.182. The molecule has 1 heterocycles. The second-order valence-electron chi connectivity index (χ2n) is 3.36. The summed E-state index contributed by atoms with van der Waals surface area (Å²) in [6.45, 7) is 1.01. The molecule has 2 rings (SSSR count). The van der Waals surface area contributed by atoms with Crippen molar-refractivity contribution in [2.75, 3.05) is 6.54 Å². The van der Waals surface area contributed by atoms with Crippen LogP contribution in [0.2, 0.25) is 5.02 Å². The summed E-state index contributed by atoms with van der Waals surface area (Å²) in [5, 5.41) is 4.59. The van der Waals surface area contributed by atoms with E-state index in [0.717, 1.165) is 0 Å². The zero-order valence-electron chi connectivity index (χ0n) is 8.53. The lowest BCUT2D eigenvalue weighted by atomic mass is 10.1. The van der Waals surface area contributed by atoms with Gasteiger partial charge in [-0.15, -0.1) is 0 Å². The lowest BCUT2D eigenvalue weighted by Crippen LogP contribution is -2.12. The van der Waals surface area contributed by atoms with E-state index in [0.29, 0.717) is 29.4 Å². The van der Waals surface area contributed by atoms with Crippen molar-refractivity contribution < 1.29 is 4.39 Å². The normalized spacial score (nSPS) is 10.7. The van der Waals surface area contributed by atoms with E-state index in [4.69, 9.17) is 17.3 Å². The molecule has 0 aliphatic rings. The first-order valence-corrected chi connectivity index (χ1v) is 5.27. The van der Waals surface area contributed by atoms with E-state index in [1.807, 2.05) is 0 Å². The van der Waals surface area contributed by atoms with Gasteiger partial charge in [0.15, 0.2) is 0 Å². The molecule has 2 aromatic rings. The number of hydrogen-bond acceptors (Lipinski definition) is 2. The standard InChI is InChI=1S/C11H11ClFN3/c12-10-7-15-16(5-4-14)11(10)8-2-1-3-9(13)6-8/h1-3,6-7H,4-5,14H2. The largest absolute Gasteiger partial charge is 0.329 e. The Hall–Kier alpha value is -1.39. The van der Waals surface area contributed by atoms with Gasteiger partial charge in [0.05, 0.1) is 23.5 Å². The summed E-state index contributed by atoms with van der Waals surface area (Å²) in [7, 11) is 0. The molecule has 0 bridgehead atoms. The summed E-state index contributed by atoms with van der Waals surface area (Å²) in [6.07, 6.45) is 1.54.